The van der Waals surface area contributed by atoms with Crippen molar-refractivity contribution in [1.29, 1.82) is 0 Å². The average molecular weight is 263 g/mol. The molecule has 0 aromatic heterocycles. The van der Waals surface area contributed by atoms with E-state index in [2.05, 4.69) is 25.7 Å². The Morgan fingerprint density at radius 2 is 1.09 bits per heavy atom. The third kappa shape index (κ3) is 18.4. The van der Waals surface area contributed by atoms with Gasteiger partial charge in [0.15, 0.2) is 0 Å². The van der Waals surface area contributed by atoms with Crippen LogP contribution in [0.4, 0.5) is 0 Å². The van der Waals surface area contributed by atoms with E-state index in [0.29, 0.717) is 0 Å². The molecule has 73 valence electrons. The van der Waals surface area contributed by atoms with E-state index in [0.717, 1.165) is 0 Å². The molecule has 0 N–H and O–H groups in total. The molecule has 5 heteroatoms. The van der Waals surface area contributed by atoms with Crippen LogP contribution in [0.3, 0.4) is 0 Å². The summed E-state index contributed by atoms with van der Waals surface area (Å²) in [5, 5.41) is 0. The molecule has 1 nitrogen and oxygen atoms in total. The van der Waals surface area contributed by atoms with E-state index in [-0.39, 0.29) is 0 Å². The summed E-state index contributed by atoms with van der Waals surface area (Å²) in [5.41, 5.74) is 0. The molecule has 0 spiro atoms. The number of rotatable bonds is 3. The van der Waals surface area contributed by atoms with Gasteiger partial charge >= 0.3 is 41.5 Å². The Morgan fingerprint density at radius 1 is 0.909 bits per heavy atom. The number of hydrogen-bond acceptors (Lipinski definition) is 1. The van der Waals surface area contributed by atoms with Gasteiger partial charge in [0.2, 0.25) is 0 Å². The van der Waals surface area contributed by atoms with Gasteiger partial charge in [0.05, 0.1) is 0 Å². The van der Waals surface area contributed by atoms with Crippen molar-refractivity contribution in [3.8, 4) is 0 Å². The molecule has 0 aliphatic carbocycles. The van der Waals surface area contributed by atoms with Gasteiger partial charge in [0.1, 0.15) is 0 Å². The first-order chi connectivity index (χ1) is 5.08. The molecule has 0 unspecified atom stereocenters. The van der Waals surface area contributed by atoms with E-state index >= 15 is 0 Å². The number of hydrogen-bond donors (Lipinski definition) is 0. The molecule has 11 heavy (non-hydrogen) atoms. The summed E-state index contributed by atoms with van der Waals surface area (Å²) in [6.45, 7) is 10.1. The Bertz CT molecular complexity index is 60.6. The summed E-state index contributed by atoms with van der Waals surface area (Å²) in [6.07, 6.45) is 0. The molecule has 0 aromatic carbocycles. The maximum absolute atomic E-state index is 4.89. The van der Waals surface area contributed by atoms with Crippen molar-refractivity contribution in [2.45, 2.75) is 20.8 Å². The van der Waals surface area contributed by atoms with Crippen molar-refractivity contribution in [1.82, 2.24) is 4.90 Å². The summed E-state index contributed by atoms with van der Waals surface area (Å²) >= 11 is -1.33. The molecule has 0 aliphatic heterocycles. The maximum atomic E-state index is 4.89. The van der Waals surface area contributed by atoms with E-state index in [9.17, 15) is 0 Å². The first kappa shape index (κ1) is 14.9. The van der Waals surface area contributed by atoms with Crippen LogP contribution in [0.2, 0.25) is 0 Å². The van der Waals surface area contributed by atoms with E-state index in [1.54, 1.807) is 0 Å². The van der Waals surface area contributed by atoms with Crippen LogP contribution in [-0.2, 0) is 11.2 Å². The zero-order valence-corrected chi connectivity index (χ0v) is 10.4. The predicted octanol–water partition coefficient (Wildman–Crippen LogP) is 3.41. The summed E-state index contributed by atoms with van der Waals surface area (Å²) in [5.74, 6) is 0. The van der Waals surface area contributed by atoms with Gasteiger partial charge in [-0.1, -0.05) is 20.8 Å². The van der Waals surface area contributed by atoms with Gasteiger partial charge in [0.25, 0.3) is 0 Å². The van der Waals surface area contributed by atoms with Gasteiger partial charge in [-0.05, 0) is 19.6 Å². The van der Waals surface area contributed by atoms with Crippen LogP contribution in [0, 0.1) is 0 Å². The van der Waals surface area contributed by atoms with Crippen molar-refractivity contribution < 1.29 is 11.2 Å². The van der Waals surface area contributed by atoms with E-state index in [1.165, 1.54) is 19.6 Å². The summed E-state index contributed by atoms with van der Waals surface area (Å²) < 4.78 is 0. The van der Waals surface area contributed by atoms with Crippen molar-refractivity contribution in [2.75, 3.05) is 19.6 Å². The fraction of sp³-hybridized carbons (Fsp3) is 1.00. The van der Waals surface area contributed by atoms with Crippen LogP contribution in [0.5, 0.6) is 0 Å². The molecule has 0 fully saturated rings. The zero-order chi connectivity index (χ0) is 9.28. The predicted molar refractivity (Wildman–Crippen MR) is 51.0 cm³/mol. The van der Waals surface area contributed by atoms with Crippen molar-refractivity contribution in [2.24, 2.45) is 0 Å². The molecule has 0 aromatic rings. The Hall–Kier alpha value is 1.35. The summed E-state index contributed by atoms with van der Waals surface area (Å²) in [6, 6.07) is 0. The normalized spacial score (nSPS) is 10.6. The third-order valence-corrected chi connectivity index (χ3v) is 1.34. The summed E-state index contributed by atoms with van der Waals surface area (Å²) in [7, 11) is 14.7. The monoisotopic (exact) mass is 262 g/mol. The quantitative estimate of drug-likeness (QED) is 0.705. The second kappa shape index (κ2) is 11.3. The Morgan fingerprint density at radius 3 is 1.09 bits per heavy atom. The standard InChI is InChI=1S/C6H15N.3ClH.Fe/c1-4-7(5-2)6-3;;;;/h4-6H2,1-3H3;3*1H;/q;;;;+3/p-3. The first-order valence-electron chi connectivity index (χ1n) is 3.47. The molecule has 0 saturated carbocycles. The minimum atomic E-state index is -1.33. The van der Waals surface area contributed by atoms with Gasteiger partial charge in [-0.25, -0.2) is 0 Å². The SMILES string of the molecule is CCN(CC)CC.[Cl][Fe]([Cl])[Cl]. The van der Waals surface area contributed by atoms with Crippen LogP contribution in [0.1, 0.15) is 20.8 Å². The van der Waals surface area contributed by atoms with Crippen LogP contribution in [0.15, 0.2) is 0 Å². The topological polar surface area (TPSA) is 3.24 Å². The fourth-order valence-electron chi connectivity index (χ4n) is 0.671. The van der Waals surface area contributed by atoms with Gasteiger partial charge in [0, 0.05) is 0 Å². The minimum absolute atomic E-state index is 1.19. The zero-order valence-electron chi connectivity index (χ0n) is 7.06. The molecule has 0 amide bonds. The van der Waals surface area contributed by atoms with E-state index < -0.39 is 11.2 Å². The molecule has 0 rings (SSSR count). The molecule has 0 saturated heterocycles. The third-order valence-electron chi connectivity index (χ3n) is 1.34. The summed E-state index contributed by atoms with van der Waals surface area (Å²) in [4.78, 5) is 2.38. The van der Waals surface area contributed by atoms with Gasteiger partial charge in [-0.2, -0.15) is 0 Å². The van der Waals surface area contributed by atoms with Crippen molar-refractivity contribution >= 4 is 30.3 Å². The fourth-order valence-corrected chi connectivity index (χ4v) is 0.671. The Balaban J connectivity index is 0. The Kier molecular flexibility index (Phi) is 15.3. The molecular formula is C6H15Cl3FeN. The van der Waals surface area contributed by atoms with Crippen LogP contribution < -0.4 is 0 Å². The second-order valence-corrected chi connectivity index (χ2v) is 7.24. The average Bonchev–Trinajstić information content (AvgIpc) is 1.90. The second-order valence-electron chi connectivity index (χ2n) is 1.77. The number of halogens is 3. The van der Waals surface area contributed by atoms with Gasteiger partial charge < -0.3 is 4.90 Å². The first-order valence-corrected chi connectivity index (χ1v) is 8.03. The van der Waals surface area contributed by atoms with Crippen LogP contribution in [0.25, 0.3) is 0 Å². The molecule has 0 atom stereocenters. The van der Waals surface area contributed by atoms with Crippen LogP contribution >= 0.6 is 30.3 Å². The number of nitrogens with zero attached hydrogens (tertiary/aromatic N) is 1. The van der Waals surface area contributed by atoms with Gasteiger partial charge in [-0.3, -0.25) is 0 Å². The molecule has 0 heterocycles. The van der Waals surface area contributed by atoms with Gasteiger partial charge in [-0.15, -0.1) is 0 Å². The Labute approximate surface area is 86.5 Å². The molecular weight excluding hydrogens is 248 g/mol. The van der Waals surface area contributed by atoms with E-state index in [4.69, 9.17) is 30.3 Å². The molecule has 0 bridgehead atoms. The van der Waals surface area contributed by atoms with Crippen LogP contribution in [-0.4, -0.2) is 24.5 Å². The molecule has 0 radical (unpaired) electrons. The molecule has 0 aliphatic rings. The van der Waals surface area contributed by atoms with Crippen molar-refractivity contribution in [3.63, 3.8) is 0 Å². The van der Waals surface area contributed by atoms with Crippen molar-refractivity contribution in [3.05, 3.63) is 0 Å². The van der Waals surface area contributed by atoms with E-state index in [1.807, 2.05) is 0 Å².